The summed E-state index contributed by atoms with van der Waals surface area (Å²) in [5, 5.41) is 0. The minimum absolute atomic E-state index is 0.0777. The average molecular weight is 270 g/mol. The summed E-state index contributed by atoms with van der Waals surface area (Å²) >= 11 is 2.37. The molecule has 1 nitrogen and oxygen atoms in total. The maximum Gasteiger partial charge on any atom is 0.0715 e. The van der Waals surface area contributed by atoms with E-state index in [9.17, 15) is 0 Å². The second-order valence-corrected chi connectivity index (χ2v) is 4.21. The van der Waals surface area contributed by atoms with Gasteiger partial charge < -0.3 is 4.74 Å². The molecule has 11 heavy (non-hydrogen) atoms. The number of ether oxygens (including phenoxy) is 1. The van der Waals surface area contributed by atoms with Crippen LogP contribution in [0.1, 0.15) is 40.0 Å². The molecule has 0 N–H and O–H groups in total. The van der Waals surface area contributed by atoms with E-state index in [2.05, 4.69) is 43.4 Å². The number of alkyl halides is 1. The Kier molecular flexibility index (Phi) is 6.62. The minimum atomic E-state index is 0.0777. The van der Waals surface area contributed by atoms with Crippen LogP contribution in [0.2, 0.25) is 0 Å². The monoisotopic (exact) mass is 270 g/mol. The van der Waals surface area contributed by atoms with E-state index in [1.807, 2.05) is 0 Å². The van der Waals surface area contributed by atoms with Crippen LogP contribution in [0.3, 0.4) is 0 Å². The van der Waals surface area contributed by atoms with Crippen molar-refractivity contribution in [2.75, 3.05) is 11.0 Å². The van der Waals surface area contributed by atoms with Crippen molar-refractivity contribution in [3.05, 3.63) is 0 Å². The molecule has 68 valence electrons. The van der Waals surface area contributed by atoms with E-state index in [1.54, 1.807) is 0 Å². The highest BCUT2D eigenvalue weighted by molar-refractivity contribution is 14.1. The summed E-state index contributed by atoms with van der Waals surface area (Å²) < 4.78 is 6.74. The lowest BCUT2D eigenvalue weighted by molar-refractivity contribution is 0.00128. The van der Waals surface area contributed by atoms with Gasteiger partial charge in [-0.15, -0.1) is 0 Å². The van der Waals surface area contributed by atoms with Gasteiger partial charge in [-0.25, -0.2) is 0 Å². The Balaban J connectivity index is 3.23. The molecule has 0 aromatic rings. The number of hydrogen-bond donors (Lipinski definition) is 0. The van der Waals surface area contributed by atoms with Crippen molar-refractivity contribution in [1.29, 1.82) is 0 Å². The molecule has 0 saturated heterocycles. The maximum atomic E-state index is 5.67. The Morgan fingerprint density at radius 3 is 2.36 bits per heavy atom. The first-order valence-corrected chi connectivity index (χ1v) is 5.85. The Morgan fingerprint density at radius 1 is 1.27 bits per heavy atom. The smallest absolute Gasteiger partial charge is 0.0715 e. The molecular formula is C9H19IO. The van der Waals surface area contributed by atoms with Gasteiger partial charge in [-0.2, -0.15) is 0 Å². The molecule has 0 radical (unpaired) electrons. The summed E-state index contributed by atoms with van der Waals surface area (Å²) in [4.78, 5) is 0. The van der Waals surface area contributed by atoms with Crippen LogP contribution in [-0.2, 0) is 4.74 Å². The number of halogens is 1. The minimum Gasteiger partial charge on any atom is -0.375 e. The molecule has 0 bridgehead atoms. The molecule has 0 spiro atoms. The molecule has 0 aliphatic heterocycles. The van der Waals surface area contributed by atoms with Gasteiger partial charge in [0, 0.05) is 11.0 Å². The molecule has 2 heteroatoms. The summed E-state index contributed by atoms with van der Waals surface area (Å²) in [5.74, 6) is 0. The standard InChI is InChI=1S/C9H19IO/c1-4-5-6-7-11-9(2,3)8-10/h4-8H2,1-3H3. The van der Waals surface area contributed by atoms with Gasteiger partial charge in [0.1, 0.15) is 0 Å². The lowest BCUT2D eigenvalue weighted by Crippen LogP contribution is -2.26. The fraction of sp³-hybridized carbons (Fsp3) is 1.00. The maximum absolute atomic E-state index is 5.67. The lowest BCUT2D eigenvalue weighted by atomic mass is 10.2. The number of rotatable bonds is 6. The Morgan fingerprint density at radius 2 is 1.91 bits per heavy atom. The average Bonchev–Trinajstić information content (AvgIpc) is 1.99. The molecular weight excluding hydrogens is 251 g/mol. The first-order chi connectivity index (χ1) is 5.12. The van der Waals surface area contributed by atoms with E-state index in [0.29, 0.717) is 0 Å². The Labute approximate surface area is 84.0 Å². The summed E-state index contributed by atoms with van der Waals surface area (Å²) in [6.45, 7) is 7.42. The van der Waals surface area contributed by atoms with Gasteiger partial charge in [-0.3, -0.25) is 0 Å². The van der Waals surface area contributed by atoms with E-state index in [0.717, 1.165) is 11.0 Å². The van der Waals surface area contributed by atoms with Crippen LogP contribution in [0, 0.1) is 0 Å². The van der Waals surface area contributed by atoms with E-state index >= 15 is 0 Å². The van der Waals surface area contributed by atoms with E-state index in [4.69, 9.17) is 4.74 Å². The van der Waals surface area contributed by atoms with E-state index in [1.165, 1.54) is 19.3 Å². The third-order valence-corrected chi connectivity index (χ3v) is 3.40. The zero-order valence-electron chi connectivity index (χ0n) is 7.82. The van der Waals surface area contributed by atoms with E-state index < -0.39 is 0 Å². The highest BCUT2D eigenvalue weighted by atomic mass is 127. The van der Waals surface area contributed by atoms with Crippen molar-refractivity contribution in [3.8, 4) is 0 Å². The predicted octanol–water partition coefficient (Wildman–Crippen LogP) is 3.41. The zero-order valence-corrected chi connectivity index (χ0v) is 9.98. The van der Waals surface area contributed by atoms with Crippen LogP contribution in [0.5, 0.6) is 0 Å². The molecule has 0 heterocycles. The van der Waals surface area contributed by atoms with Crippen LogP contribution in [0.15, 0.2) is 0 Å². The number of unbranched alkanes of at least 4 members (excludes halogenated alkanes) is 2. The highest BCUT2D eigenvalue weighted by Crippen LogP contribution is 2.13. The molecule has 0 fully saturated rings. The highest BCUT2D eigenvalue weighted by Gasteiger charge is 2.14. The van der Waals surface area contributed by atoms with Crippen molar-refractivity contribution in [3.63, 3.8) is 0 Å². The van der Waals surface area contributed by atoms with Crippen molar-refractivity contribution >= 4 is 22.6 Å². The Bertz CT molecular complexity index is 91.6. The largest absolute Gasteiger partial charge is 0.375 e. The molecule has 0 atom stereocenters. The van der Waals surface area contributed by atoms with Gasteiger partial charge in [0.25, 0.3) is 0 Å². The summed E-state index contributed by atoms with van der Waals surface area (Å²) in [6, 6.07) is 0. The lowest BCUT2D eigenvalue weighted by Gasteiger charge is -2.22. The summed E-state index contributed by atoms with van der Waals surface area (Å²) in [5.41, 5.74) is 0.0777. The third kappa shape index (κ3) is 7.06. The third-order valence-electron chi connectivity index (χ3n) is 1.56. The van der Waals surface area contributed by atoms with Gasteiger partial charge in [0.15, 0.2) is 0 Å². The first-order valence-electron chi connectivity index (χ1n) is 4.32. The second kappa shape index (κ2) is 6.23. The van der Waals surface area contributed by atoms with Crippen molar-refractivity contribution < 1.29 is 4.74 Å². The van der Waals surface area contributed by atoms with Crippen LogP contribution < -0.4 is 0 Å². The molecule has 0 amide bonds. The fourth-order valence-corrected chi connectivity index (χ4v) is 0.959. The molecule has 0 aliphatic carbocycles. The van der Waals surface area contributed by atoms with Gasteiger partial charge >= 0.3 is 0 Å². The van der Waals surface area contributed by atoms with Gasteiger partial charge in [-0.1, -0.05) is 42.4 Å². The van der Waals surface area contributed by atoms with Crippen LogP contribution in [-0.4, -0.2) is 16.6 Å². The van der Waals surface area contributed by atoms with Gasteiger partial charge in [-0.05, 0) is 20.3 Å². The Hall–Kier alpha value is 0.690. The molecule has 0 saturated carbocycles. The van der Waals surface area contributed by atoms with Gasteiger partial charge in [0.2, 0.25) is 0 Å². The van der Waals surface area contributed by atoms with Crippen molar-refractivity contribution in [1.82, 2.24) is 0 Å². The molecule has 0 aromatic carbocycles. The molecule has 0 rings (SSSR count). The summed E-state index contributed by atoms with van der Waals surface area (Å²) in [7, 11) is 0. The SMILES string of the molecule is CCCCCOC(C)(C)CI. The van der Waals surface area contributed by atoms with Crippen LogP contribution in [0.25, 0.3) is 0 Å². The van der Waals surface area contributed by atoms with Crippen molar-refractivity contribution in [2.24, 2.45) is 0 Å². The quantitative estimate of drug-likeness (QED) is 0.408. The normalized spacial score (nSPS) is 12.0. The zero-order chi connectivity index (χ0) is 8.74. The second-order valence-electron chi connectivity index (χ2n) is 3.45. The molecule has 0 unspecified atom stereocenters. The fourth-order valence-electron chi connectivity index (χ4n) is 0.739. The molecule has 0 aromatic heterocycles. The topological polar surface area (TPSA) is 9.23 Å². The van der Waals surface area contributed by atoms with Crippen molar-refractivity contribution in [2.45, 2.75) is 45.6 Å². The van der Waals surface area contributed by atoms with Gasteiger partial charge in [0.05, 0.1) is 5.60 Å². The number of hydrogen-bond acceptors (Lipinski definition) is 1. The predicted molar refractivity (Wildman–Crippen MR) is 58.4 cm³/mol. The van der Waals surface area contributed by atoms with Crippen LogP contribution in [0.4, 0.5) is 0 Å². The van der Waals surface area contributed by atoms with E-state index in [-0.39, 0.29) is 5.60 Å². The molecule has 0 aliphatic rings. The summed E-state index contributed by atoms with van der Waals surface area (Å²) in [6.07, 6.45) is 3.77. The van der Waals surface area contributed by atoms with Crippen LogP contribution >= 0.6 is 22.6 Å². The first kappa shape index (κ1) is 11.7.